The Morgan fingerprint density at radius 1 is 1.06 bits per heavy atom. The number of halogens is 1. The Balaban J connectivity index is 1.71. The molecule has 2 heterocycles. The van der Waals surface area contributed by atoms with Crippen LogP contribution in [0.25, 0.3) is 6.08 Å². The van der Waals surface area contributed by atoms with Gasteiger partial charge in [-0.25, -0.2) is 4.39 Å². The number of hydrogen-bond donors (Lipinski definition) is 0. The number of ether oxygens (including phenoxy) is 3. The summed E-state index contributed by atoms with van der Waals surface area (Å²) >= 11 is 0. The molecule has 1 unspecified atom stereocenters. The van der Waals surface area contributed by atoms with Crippen LogP contribution in [0.3, 0.4) is 0 Å². The third-order valence-electron chi connectivity index (χ3n) is 6.89. The minimum absolute atomic E-state index is 0.138. The summed E-state index contributed by atoms with van der Waals surface area (Å²) in [6.45, 7) is 4.77. The lowest BCUT2D eigenvalue weighted by molar-refractivity contribution is 0.0490. The van der Waals surface area contributed by atoms with Crippen molar-refractivity contribution in [1.29, 1.82) is 0 Å². The number of anilines is 1. The highest BCUT2D eigenvalue weighted by Gasteiger charge is 2.59. The van der Waals surface area contributed by atoms with Crippen LogP contribution in [0, 0.1) is 10.7 Å². The summed E-state index contributed by atoms with van der Waals surface area (Å²) in [7, 11) is 3.01. The predicted molar refractivity (Wildman–Crippen MR) is 129 cm³/mol. The monoisotopic (exact) mass is 460 g/mol. The summed E-state index contributed by atoms with van der Waals surface area (Å²) in [5.74, 6) is 0.914. The molecular weight excluding hydrogens is 435 g/mol. The maximum absolute atomic E-state index is 13.6. The number of para-hydroxylation sites is 1. The molecule has 174 valence electrons. The number of nitrogens with zero attached hydrogens (tertiary/aromatic N) is 2. The van der Waals surface area contributed by atoms with Gasteiger partial charge in [0, 0.05) is 18.3 Å². The summed E-state index contributed by atoms with van der Waals surface area (Å²) in [5, 5.41) is 3.10. The molecule has 5 rings (SSSR count). The molecule has 7 heteroatoms. The van der Waals surface area contributed by atoms with Crippen LogP contribution in [0.5, 0.6) is 17.2 Å². The highest BCUT2D eigenvalue weighted by Crippen LogP contribution is 2.58. The van der Waals surface area contributed by atoms with E-state index in [1.54, 1.807) is 12.1 Å². The van der Waals surface area contributed by atoms with E-state index in [1.807, 2.05) is 24.3 Å². The molecule has 2 aliphatic heterocycles. The molecule has 0 aliphatic carbocycles. The molecule has 0 aromatic heterocycles. The van der Waals surface area contributed by atoms with Crippen LogP contribution in [-0.2, 0) is 12.0 Å². The molecule has 1 atom stereocenters. The number of benzene rings is 3. The Bertz CT molecular complexity index is 1300. The van der Waals surface area contributed by atoms with Gasteiger partial charge in [-0.15, -0.1) is 4.91 Å². The summed E-state index contributed by atoms with van der Waals surface area (Å²) in [6, 6.07) is 16.2. The Labute approximate surface area is 197 Å². The number of rotatable bonds is 5. The van der Waals surface area contributed by atoms with Crippen LogP contribution < -0.4 is 19.1 Å². The molecule has 34 heavy (non-hydrogen) atoms. The second-order valence-electron chi connectivity index (χ2n) is 8.95. The number of nitroso groups, excluding NO2 is 1. The lowest BCUT2D eigenvalue weighted by atomic mass is 9.76. The molecule has 2 aliphatic rings. The predicted octanol–water partition coefficient (Wildman–Crippen LogP) is 6.34. The van der Waals surface area contributed by atoms with Crippen LogP contribution in [0.1, 0.15) is 30.5 Å². The second-order valence-corrected chi connectivity index (χ2v) is 8.95. The fraction of sp³-hybridized carbons (Fsp3) is 0.259. The van der Waals surface area contributed by atoms with Gasteiger partial charge in [0.15, 0.2) is 22.9 Å². The van der Waals surface area contributed by atoms with E-state index in [9.17, 15) is 9.30 Å². The van der Waals surface area contributed by atoms with E-state index in [4.69, 9.17) is 14.2 Å². The van der Waals surface area contributed by atoms with Gasteiger partial charge in [-0.05, 0) is 60.5 Å². The van der Waals surface area contributed by atoms with Gasteiger partial charge in [-0.1, -0.05) is 30.3 Å². The van der Waals surface area contributed by atoms with E-state index in [1.165, 1.54) is 32.4 Å². The van der Waals surface area contributed by atoms with Gasteiger partial charge in [0.2, 0.25) is 5.72 Å². The van der Waals surface area contributed by atoms with E-state index in [0.717, 1.165) is 16.8 Å². The maximum atomic E-state index is 13.6. The van der Waals surface area contributed by atoms with Crippen LogP contribution in [0.2, 0.25) is 0 Å². The van der Waals surface area contributed by atoms with Crippen molar-refractivity contribution in [2.75, 3.05) is 19.1 Å². The summed E-state index contributed by atoms with van der Waals surface area (Å²) in [6.07, 6.45) is 3.90. The number of fused-ring (bicyclic) bond motifs is 2. The van der Waals surface area contributed by atoms with Crippen molar-refractivity contribution in [3.63, 3.8) is 0 Å². The minimum Gasteiger partial charge on any atom is -0.494 e. The third-order valence-corrected chi connectivity index (χ3v) is 6.89. The van der Waals surface area contributed by atoms with E-state index in [2.05, 4.69) is 36.1 Å². The number of methoxy groups -OCH3 is 2. The molecule has 0 N–H and O–H groups in total. The van der Waals surface area contributed by atoms with Crippen molar-refractivity contribution in [3.8, 4) is 17.2 Å². The Morgan fingerprint density at radius 2 is 1.79 bits per heavy atom. The maximum Gasteiger partial charge on any atom is 0.212 e. The second kappa shape index (κ2) is 7.87. The fourth-order valence-electron chi connectivity index (χ4n) is 5.11. The highest BCUT2D eigenvalue weighted by atomic mass is 19.1. The molecule has 0 saturated carbocycles. The first kappa shape index (κ1) is 21.9. The molecule has 0 fully saturated rings. The van der Waals surface area contributed by atoms with Crippen LogP contribution in [0.15, 0.2) is 65.9 Å². The summed E-state index contributed by atoms with van der Waals surface area (Å²) in [5.41, 5.74) is 2.44. The summed E-state index contributed by atoms with van der Waals surface area (Å²) in [4.78, 5) is 13.6. The van der Waals surface area contributed by atoms with Gasteiger partial charge in [0.05, 0.1) is 25.2 Å². The SMILES string of the molecule is COc1cc(N=O)c(OC)c2c1OC1(C=C2)N(Cc2ccc(F)cc2)c2ccccc2C1(C)C. The first-order valence-corrected chi connectivity index (χ1v) is 11.0. The summed E-state index contributed by atoms with van der Waals surface area (Å²) < 4.78 is 31.6. The van der Waals surface area contributed by atoms with Crippen molar-refractivity contribution in [1.82, 2.24) is 0 Å². The van der Waals surface area contributed by atoms with Crippen LogP contribution >= 0.6 is 0 Å². The molecule has 0 amide bonds. The zero-order chi connectivity index (χ0) is 24.1. The van der Waals surface area contributed by atoms with Gasteiger partial charge in [-0.2, -0.15) is 0 Å². The standard InChI is InChI=1S/C27H25FN2O4/c1-26(2)20-7-5-6-8-22(20)30(16-17-9-11-18(28)12-10-17)27(26)14-13-19-24(33-4)21(29-31)15-23(32-3)25(19)34-27/h5-15H,16H2,1-4H3. The molecule has 1 spiro atoms. The largest absolute Gasteiger partial charge is 0.494 e. The molecule has 3 aromatic rings. The van der Waals surface area contributed by atoms with E-state index in [-0.39, 0.29) is 11.5 Å². The molecule has 0 radical (unpaired) electrons. The zero-order valence-corrected chi connectivity index (χ0v) is 19.5. The topological polar surface area (TPSA) is 60.4 Å². The fourth-order valence-corrected chi connectivity index (χ4v) is 5.11. The van der Waals surface area contributed by atoms with Gasteiger partial charge in [0.25, 0.3) is 0 Å². The van der Waals surface area contributed by atoms with Crippen LogP contribution in [0.4, 0.5) is 15.8 Å². The van der Waals surface area contributed by atoms with Crippen molar-refractivity contribution >= 4 is 17.5 Å². The van der Waals surface area contributed by atoms with E-state index >= 15 is 0 Å². The van der Waals surface area contributed by atoms with Gasteiger partial charge in [-0.3, -0.25) is 0 Å². The Kier molecular flexibility index (Phi) is 5.08. The lowest BCUT2D eigenvalue weighted by Crippen LogP contribution is -2.59. The van der Waals surface area contributed by atoms with Crippen molar-refractivity contribution in [2.24, 2.45) is 5.18 Å². The van der Waals surface area contributed by atoms with E-state index in [0.29, 0.717) is 29.4 Å². The first-order valence-electron chi connectivity index (χ1n) is 11.0. The zero-order valence-electron chi connectivity index (χ0n) is 19.5. The van der Waals surface area contributed by atoms with Crippen molar-refractivity contribution in [2.45, 2.75) is 31.5 Å². The van der Waals surface area contributed by atoms with Gasteiger partial charge < -0.3 is 19.1 Å². The van der Waals surface area contributed by atoms with Crippen LogP contribution in [-0.4, -0.2) is 19.9 Å². The van der Waals surface area contributed by atoms with Gasteiger partial charge in [0.1, 0.15) is 5.82 Å². The number of hydrogen-bond acceptors (Lipinski definition) is 6. The Morgan fingerprint density at radius 3 is 2.47 bits per heavy atom. The Hall–Kier alpha value is -3.87. The van der Waals surface area contributed by atoms with Gasteiger partial charge >= 0.3 is 0 Å². The normalized spacial score (nSPS) is 19.4. The molecule has 3 aromatic carbocycles. The lowest BCUT2D eigenvalue weighted by Gasteiger charge is -2.47. The minimum atomic E-state index is -0.924. The average Bonchev–Trinajstić information content (AvgIpc) is 3.03. The van der Waals surface area contributed by atoms with Crippen molar-refractivity contribution in [3.05, 3.63) is 88.1 Å². The first-order chi connectivity index (χ1) is 16.4. The quantitative estimate of drug-likeness (QED) is 0.416. The molecular formula is C27H25FN2O4. The average molecular weight is 461 g/mol. The third kappa shape index (κ3) is 3.00. The smallest absolute Gasteiger partial charge is 0.212 e. The highest BCUT2D eigenvalue weighted by molar-refractivity contribution is 5.80. The van der Waals surface area contributed by atoms with Crippen molar-refractivity contribution < 1.29 is 18.6 Å². The molecule has 6 nitrogen and oxygen atoms in total. The van der Waals surface area contributed by atoms with E-state index < -0.39 is 11.1 Å². The molecule has 0 saturated heterocycles. The molecule has 0 bridgehead atoms.